The molecule has 0 fully saturated rings. The number of rotatable bonds is 8. The summed E-state index contributed by atoms with van der Waals surface area (Å²) < 4.78 is 14.9. The number of carbonyl (C=O) groups excluding carboxylic acids is 2. The molecule has 2 aromatic heterocycles. The molecule has 0 aliphatic rings. The fraction of sp³-hybridized carbons (Fsp3) is 0.263. The highest BCUT2D eigenvalue weighted by Gasteiger charge is 2.18. The van der Waals surface area contributed by atoms with Crippen molar-refractivity contribution in [3.8, 4) is 10.7 Å². The van der Waals surface area contributed by atoms with Crippen molar-refractivity contribution in [2.75, 3.05) is 24.7 Å². The zero-order chi connectivity index (χ0) is 20.8. The maximum absolute atomic E-state index is 12.9. The smallest absolute Gasteiger partial charge is 0.243 e. The number of nitrogens with zero attached hydrogens (tertiary/aromatic N) is 4. The van der Waals surface area contributed by atoms with Gasteiger partial charge in [-0.05, 0) is 42.6 Å². The number of benzene rings is 1. The van der Waals surface area contributed by atoms with Gasteiger partial charge in [0.1, 0.15) is 5.82 Å². The van der Waals surface area contributed by atoms with Crippen molar-refractivity contribution in [1.29, 1.82) is 0 Å². The number of hydrogen-bond acceptors (Lipinski definition) is 6. The summed E-state index contributed by atoms with van der Waals surface area (Å²) in [6, 6.07) is 9.39. The topological polar surface area (TPSA) is 80.1 Å². The first kappa shape index (κ1) is 21.0. The van der Waals surface area contributed by atoms with Crippen molar-refractivity contribution in [3.05, 3.63) is 47.6 Å². The Morgan fingerprint density at radius 3 is 2.66 bits per heavy atom. The second-order valence-corrected chi connectivity index (χ2v) is 8.01. The normalized spacial score (nSPS) is 10.7. The van der Waals surface area contributed by atoms with Gasteiger partial charge in [0, 0.05) is 19.3 Å². The zero-order valence-electron chi connectivity index (χ0n) is 16.0. The summed E-state index contributed by atoms with van der Waals surface area (Å²) in [5, 5.41) is 13.7. The summed E-state index contributed by atoms with van der Waals surface area (Å²) in [5.74, 6) is -0.0104. The van der Waals surface area contributed by atoms with Crippen LogP contribution < -0.4 is 5.32 Å². The Labute approximate surface area is 175 Å². The van der Waals surface area contributed by atoms with Gasteiger partial charge < -0.3 is 14.8 Å². The highest BCUT2D eigenvalue weighted by molar-refractivity contribution is 7.99. The number of aromatic nitrogens is 3. The van der Waals surface area contributed by atoms with E-state index in [-0.39, 0.29) is 29.9 Å². The average molecular weight is 434 g/mol. The van der Waals surface area contributed by atoms with Gasteiger partial charge in [-0.3, -0.25) is 9.59 Å². The number of halogens is 1. The molecule has 0 spiro atoms. The highest BCUT2D eigenvalue weighted by atomic mass is 32.2. The summed E-state index contributed by atoms with van der Waals surface area (Å²) in [6.45, 7) is 2.59. The Morgan fingerprint density at radius 1 is 1.24 bits per heavy atom. The van der Waals surface area contributed by atoms with Crippen LogP contribution in [0.4, 0.5) is 10.1 Å². The molecule has 152 valence electrons. The number of hydrogen-bond donors (Lipinski definition) is 1. The number of likely N-dealkylation sites (N-methyl/N-ethyl adjacent to an activating group) is 1. The van der Waals surface area contributed by atoms with Crippen molar-refractivity contribution in [1.82, 2.24) is 19.7 Å². The maximum atomic E-state index is 12.9. The van der Waals surface area contributed by atoms with Crippen molar-refractivity contribution in [2.24, 2.45) is 0 Å². The van der Waals surface area contributed by atoms with Crippen LogP contribution in [0.25, 0.3) is 10.7 Å². The van der Waals surface area contributed by atoms with E-state index in [0.29, 0.717) is 17.4 Å². The van der Waals surface area contributed by atoms with E-state index in [2.05, 4.69) is 15.5 Å². The Morgan fingerprint density at radius 2 is 2.00 bits per heavy atom. The lowest BCUT2D eigenvalue weighted by molar-refractivity contribution is -0.131. The molecule has 29 heavy (non-hydrogen) atoms. The fourth-order valence-electron chi connectivity index (χ4n) is 2.54. The molecule has 0 radical (unpaired) electrons. The molecule has 3 rings (SSSR count). The van der Waals surface area contributed by atoms with Crippen LogP contribution >= 0.6 is 23.1 Å². The van der Waals surface area contributed by atoms with Crippen LogP contribution in [0.3, 0.4) is 0 Å². The quantitative estimate of drug-likeness (QED) is 0.551. The van der Waals surface area contributed by atoms with E-state index < -0.39 is 0 Å². The number of carbonyl (C=O) groups is 2. The molecule has 3 aromatic rings. The number of nitrogens with one attached hydrogen (secondary N) is 1. The van der Waals surface area contributed by atoms with Gasteiger partial charge in [-0.2, -0.15) is 0 Å². The van der Waals surface area contributed by atoms with Crippen molar-refractivity contribution in [3.63, 3.8) is 0 Å². The largest absolute Gasteiger partial charge is 0.336 e. The molecule has 10 heteroatoms. The van der Waals surface area contributed by atoms with Crippen molar-refractivity contribution < 1.29 is 14.0 Å². The molecule has 7 nitrogen and oxygen atoms in total. The van der Waals surface area contributed by atoms with Crippen LogP contribution in [-0.2, 0) is 16.1 Å². The Balaban J connectivity index is 1.53. The second-order valence-electron chi connectivity index (χ2n) is 6.12. The zero-order valence-corrected chi connectivity index (χ0v) is 17.6. The monoisotopic (exact) mass is 433 g/mol. The van der Waals surface area contributed by atoms with Gasteiger partial charge in [0.05, 0.1) is 17.2 Å². The summed E-state index contributed by atoms with van der Waals surface area (Å²) in [7, 11) is 1.56. The lowest BCUT2D eigenvalue weighted by atomic mass is 10.3. The Hall–Kier alpha value is -2.72. The third-order valence-electron chi connectivity index (χ3n) is 4.03. The van der Waals surface area contributed by atoms with Gasteiger partial charge in [0.15, 0.2) is 11.0 Å². The van der Waals surface area contributed by atoms with Gasteiger partial charge in [-0.1, -0.05) is 17.8 Å². The molecule has 0 unspecified atom stereocenters. The summed E-state index contributed by atoms with van der Waals surface area (Å²) in [4.78, 5) is 26.9. The van der Waals surface area contributed by atoms with E-state index in [4.69, 9.17) is 0 Å². The molecular formula is C19H20FN5O2S2. The lowest BCUT2D eigenvalue weighted by Crippen LogP contribution is -2.36. The molecule has 2 heterocycles. The molecule has 0 aliphatic heterocycles. The summed E-state index contributed by atoms with van der Waals surface area (Å²) in [6.07, 6.45) is 0. The fourth-order valence-corrected chi connectivity index (χ4v) is 4.20. The van der Waals surface area contributed by atoms with E-state index in [9.17, 15) is 14.0 Å². The summed E-state index contributed by atoms with van der Waals surface area (Å²) >= 11 is 2.87. The Kier molecular flexibility index (Phi) is 6.99. The molecule has 1 N–H and O–H groups in total. The first-order valence-corrected chi connectivity index (χ1v) is 10.7. The molecule has 0 bridgehead atoms. The number of thiophene rings is 1. The predicted octanol–water partition coefficient (Wildman–Crippen LogP) is 3.35. The minimum absolute atomic E-state index is 0.0995. The van der Waals surface area contributed by atoms with Gasteiger partial charge in [-0.15, -0.1) is 21.5 Å². The van der Waals surface area contributed by atoms with E-state index in [1.165, 1.54) is 40.9 Å². The van der Waals surface area contributed by atoms with Crippen LogP contribution in [0, 0.1) is 5.82 Å². The minimum atomic E-state index is -0.380. The van der Waals surface area contributed by atoms with Crippen LogP contribution in [0.2, 0.25) is 0 Å². The van der Waals surface area contributed by atoms with Crippen molar-refractivity contribution in [2.45, 2.75) is 18.6 Å². The highest BCUT2D eigenvalue weighted by Crippen LogP contribution is 2.27. The average Bonchev–Trinajstić information content (AvgIpc) is 3.36. The third kappa shape index (κ3) is 5.42. The summed E-state index contributed by atoms with van der Waals surface area (Å²) in [5.41, 5.74) is 0.476. The van der Waals surface area contributed by atoms with Crippen LogP contribution in [0.15, 0.2) is 46.9 Å². The molecule has 0 aliphatic carbocycles. The number of amides is 2. The third-order valence-corrected chi connectivity index (χ3v) is 5.85. The van der Waals surface area contributed by atoms with Crippen LogP contribution in [0.5, 0.6) is 0 Å². The molecule has 0 saturated carbocycles. The standard InChI is InChI=1S/C19H20FN5O2S2/c1-3-25-18(15-5-4-10-28-15)22-23-19(25)29-12-17(27)24(2)11-16(26)21-14-8-6-13(20)7-9-14/h4-10H,3,11-12H2,1-2H3,(H,21,26). The second kappa shape index (κ2) is 9.66. The van der Waals surface area contributed by atoms with Crippen LogP contribution in [-0.4, -0.2) is 50.8 Å². The molecule has 0 saturated heterocycles. The van der Waals surface area contributed by atoms with Crippen LogP contribution in [0.1, 0.15) is 6.92 Å². The van der Waals surface area contributed by atoms with Gasteiger partial charge in [-0.25, -0.2) is 4.39 Å². The van der Waals surface area contributed by atoms with E-state index >= 15 is 0 Å². The Bertz CT molecular complexity index is 973. The maximum Gasteiger partial charge on any atom is 0.243 e. The first-order chi connectivity index (χ1) is 14.0. The molecule has 1 aromatic carbocycles. The number of anilines is 1. The van der Waals surface area contributed by atoms with Gasteiger partial charge in [0.2, 0.25) is 11.8 Å². The first-order valence-electron chi connectivity index (χ1n) is 8.87. The predicted molar refractivity (Wildman–Crippen MR) is 112 cm³/mol. The molecule has 0 atom stereocenters. The van der Waals surface area contributed by atoms with Crippen molar-refractivity contribution >= 4 is 40.6 Å². The minimum Gasteiger partial charge on any atom is -0.336 e. The number of thioether (sulfide) groups is 1. The van der Waals surface area contributed by atoms with E-state index in [1.807, 2.05) is 29.0 Å². The van der Waals surface area contributed by atoms with E-state index in [1.54, 1.807) is 18.4 Å². The molecular weight excluding hydrogens is 413 g/mol. The molecule has 2 amide bonds. The van der Waals surface area contributed by atoms with Gasteiger partial charge in [0.25, 0.3) is 0 Å². The van der Waals surface area contributed by atoms with Gasteiger partial charge >= 0.3 is 0 Å². The SMILES string of the molecule is CCn1c(SCC(=O)N(C)CC(=O)Nc2ccc(F)cc2)nnc1-c1cccs1. The van der Waals surface area contributed by atoms with E-state index in [0.717, 1.165) is 10.7 Å². The lowest BCUT2D eigenvalue weighted by Gasteiger charge is -2.16.